The molecule has 4 rings (SSSR count). The summed E-state index contributed by atoms with van der Waals surface area (Å²) in [6.07, 6.45) is -0.442. The highest BCUT2D eigenvalue weighted by Gasteiger charge is 2.52. The number of nitrogens with zero attached hydrogens (tertiary/aromatic N) is 2. The SMILES string of the molecule is C=CCN(C(=O)OC(C)(C)C)C1=N[C@@H]2[C@@H](OCc3ccc(OC)cc3)[C@H](OCc3ccc(OC)cc3)[C@@H](COSBr)O[C@@H]2S1. The molecule has 0 spiro atoms. The Morgan fingerprint density at radius 3 is 2.09 bits per heavy atom. The number of thioether (sulfide) groups is 1. The number of hydrogen-bond acceptors (Lipinski definition) is 11. The van der Waals surface area contributed by atoms with Gasteiger partial charge in [0.2, 0.25) is 0 Å². The lowest BCUT2D eigenvalue weighted by Gasteiger charge is -2.42. The maximum atomic E-state index is 13.2. The molecule has 13 heteroatoms. The molecule has 2 aliphatic rings. The van der Waals surface area contributed by atoms with E-state index in [1.807, 2.05) is 69.3 Å². The molecule has 2 aromatic rings. The first-order valence-electron chi connectivity index (χ1n) is 14.1. The van der Waals surface area contributed by atoms with Gasteiger partial charge in [0.1, 0.15) is 46.9 Å². The fraction of sp³-hybridized carbons (Fsp3) is 0.484. The Bertz CT molecular complexity index is 1260. The first-order valence-corrected chi connectivity index (χ1v) is 17.5. The average Bonchev–Trinajstić information content (AvgIpc) is 3.43. The smallest absolute Gasteiger partial charge is 0.416 e. The topological polar surface area (TPSA) is 97.3 Å². The Hall–Kier alpha value is -2.26. The molecule has 0 unspecified atom stereocenters. The summed E-state index contributed by atoms with van der Waals surface area (Å²) in [7, 11) is 4.33. The van der Waals surface area contributed by atoms with Gasteiger partial charge in [-0.05, 0) is 56.2 Å². The zero-order valence-electron chi connectivity index (χ0n) is 25.5. The second-order valence-corrected chi connectivity index (χ2v) is 13.3. The van der Waals surface area contributed by atoms with Crippen molar-refractivity contribution in [3.63, 3.8) is 0 Å². The predicted molar refractivity (Wildman–Crippen MR) is 176 cm³/mol. The van der Waals surface area contributed by atoms with Crippen molar-refractivity contribution in [2.45, 2.75) is 69.4 Å². The number of hydrogen-bond donors (Lipinski definition) is 0. The minimum Gasteiger partial charge on any atom is -0.497 e. The normalized spacial score (nSPS) is 23.0. The molecule has 0 bridgehead atoms. The fourth-order valence-electron chi connectivity index (χ4n) is 4.65. The van der Waals surface area contributed by atoms with Gasteiger partial charge in [0, 0.05) is 21.4 Å². The number of aliphatic imine (C=N–C) groups is 1. The molecule has 1 fully saturated rings. The molecule has 1 saturated heterocycles. The number of ether oxygens (including phenoxy) is 6. The van der Waals surface area contributed by atoms with Crippen molar-refractivity contribution in [2.75, 3.05) is 27.4 Å². The second kappa shape index (κ2) is 16.3. The van der Waals surface area contributed by atoms with Crippen LogP contribution in [0, 0.1) is 0 Å². The monoisotopic (exact) mass is 710 g/mol. The zero-order chi connectivity index (χ0) is 31.7. The number of methoxy groups -OCH3 is 2. The molecule has 0 radical (unpaired) electrons. The highest BCUT2D eigenvalue weighted by molar-refractivity contribution is 9.49. The van der Waals surface area contributed by atoms with Crippen LogP contribution in [0.15, 0.2) is 66.2 Å². The molecule has 0 N–H and O–H groups in total. The standard InChI is InChI=1S/C31H39BrN2O8S2/c1-7-16-34(30(35)42-31(2,3)4)29-33-25-27(39-18-21-10-14-23(37-6)15-11-21)26(24(19-40-44-32)41-28(25)43-29)38-17-20-8-12-22(36-5)13-9-20/h7-15,24-28H,1,16-19H2,2-6H3/t24-,25-,26-,27-,28-/m1/s1. The lowest BCUT2D eigenvalue weighted by atomic mass is 9.97. The van der Waals surface area contributed by atoms with E-state index in [4.69, 9.17) is 37.6 Å². The van der Waals surface area contributed by atoms with Crippen LogP contribution in [0.2, 0.25) is 0 Å². The van der Waals surface area contributed by atoms with E-state index in [0.717, 1.165) is 33.1 Å². The molecule has 0 aliphatic carbocycles. The van der Waals surface area contributed by atoms with Crippen molar-refractivity contribution < 1.29 is 37.4 Å². The van der Waals surface area contributed by atoms with Gasteiger partial charge in [-0.1, -0.05) is 42.1 Å². The van der Waals surface area contributed by atoms with Crippen LogP contribution in [0.3, 0.4) is 0 Å². The van der Waals surface area contributed by atoms with E-state index in [1.165, 1.54) is 16.7 Å². The van der Waals surface area contributed by atoms with Gasteiger partial charge in [0.25, 0.3) is 0 Å². The quantitative estimate of drug-likeness (QED) is 0.164. The minimum absolute atomic E-state index is 0.224. The average molecular weight is 712 g/mol. The van der Waals surface area contributed by atoms with Gasteiger partial charge in [-0.2, -0.15) is 0 Å². The number of carbonyl (C=O) groups excluding carboxylic acids is 1. The summed E-state index contributed by atoms with van der Waals surface area (Å²) in [6.45, 7) is 10.4. The molecule has 2 aromatic carbocycles. The van der Waals surface area contributed by atoms with Gasteiger partial charge >= 0.3 is 6.09 Å². The molecule has 2 heterocycles. The van der Waals surface area contributed by atoms with Crippen LogP contribution < -0.4 is 9.47 Å². The molecule has 240 valence electrons. The van der Waals surface area contributed by atoms with Crippen LogP contribution in [-0.2, 0) is 36.3 Å². The van der Waals surface area contributed by atoms with Crippen LogP contribution in [0.5, 0.6) is 11.5 Å². The van der Waals surface area contributed by atoms with Crippen molar-refractivity contribution in [1.29, 1.82) is 0 Å². The van der Waals surface area contributed by atoms with Crippen LogP contribution in [0.4, 0.5) is 4.79 Å². The minimum atomic E-state index is -0.677. The number of fused-ring (bicyclic) bond motifs is 1. The van der Waals surface area contributed by atoms with Crippen molar-refractivity contribution in [3.8, 4) is 11.5 Å². The predicted octanol–water partition coefficient (Wildman–Crippen LogP) is 6.77. The Labute approximate surface area is 275 Å². The first kappa shape index (κ1) is 34.6. The van der Waals surface area contributed by atoms with Crippen LogP contribution in [-0.4, -0.2) is 78.9 Å². The van der Waals surface area contributed by atoms with Crippen molar-refractivity contribution in [2.24, 2.45) is 4.99 Å². The maximum Gasteiger partial charge on any atom is 0.416 e. The van der Waals surface area contributed by atoms with E-state index >= 15 is 0 Å². The molecular weight excluding hydrogens is 672 g/mol. The van der Waals surface area contributed by atoms with E-state index in [9.17, 15) is 4.79 Å². The molecule has 0 saturated carbocycles. The zero-order valence-corrected chi connectivity index (χ0v) is 28.7. The van der Waals surface area contributed by atoms with Gasteiger partial charge in [-0.3, -0.25) is 9.89 Å². The van der Waals surface area contributed by atoms with Gasteiger partial charge in [-0.25, -0.2) is 4.79 Å². The highest BCUT2D eigenvalue weighted by Crippen LogP contribution is 2.41. The second-order valence-electron chi connectivity index (χ2n) is 11.0. The summed E-state index contributed by atoms with van der Waals surface area (Å²) in [6, 6.07) is 14.9. The highest BCUT2D eigenvalue weighted by atomic mass is 79.9. The van der Waals surface area contributed by atoms with Gasteiger partial charge < -0.3 is 32.6 Å². The number of amidine groups is 1. The molecule has 0 aromatic heterocycles. The lowest BCUT2D eigenvalue weighted by Crippen LogP contribution is -2.57. The summed E-state index contributed by atoms with van der Waals surface area (Å²) in [4.78, 5) is 19.6. The van der Waals surface area contributed by atoms with E-state index < -0.39 is 41.5 Å². The van der Waals surface area contributed by atoms with Gasteiger partial charge in [0.05, 0.1) is 44.5 Å². The Morgan fingerprint density at radius 2 is 1.59 bits per heavy atom. The van der Waals surface area contributed by atoms with E-state index in [1.54, 1.807) is 20.3 Å². The number of amides is 1. The molecular formula is C31H39BrN2O8S2. The molecule has 44 heavy (non-hydrogen) atoms. The third-order valence-electron chi connectivity index (χ3n) is 6.73. The summed E-state index contributed by atoms with van der Waals surface area (Å²) >= 11 is 4.62. The van der Waals surface area contributed by atoms with Crippen LogP contribution >= 0.6 is 37.1 Å². The van der Waals surface area contributed by atoms with E-state index in [-0.39, 0.29) is 13.2 Å². The maximum absolute atomic E-state index is 13.2. The molecule has 5 atom stereocenters. The van der Waals surface area contributed by atoms with Crippen molar-refractivity contribution in [1.82, 2.24) is 4.90 Å². The number of benzene rings is 2. The Kier molecular flexibility index (Phi) is 12.9. The molecule has 2 aliphatic heterocycles. The molecule has 10 nitrogen and oxygen atoms in total. The van der Waals surface area contributed by atoms with Crippen molar-refractivity contribution in [3.05, 3.63) is 72.3 Å². The van der Waals surface area contributed by atoms with Gasteiger partial charge in [-0.15, -0.1) is 6.58 Å². The van der Waals surface area contributed by atoms with Crippen LogP contribution in [0.25, 0.3) is 0 Å². The van der Waals surface area contributed by atoms with Gasteiger partial charge in [0.15, 0.2) is 5.17 Å². The number of halogens is 1. The van der Waals surface area contributed by atoms with E-state index in [2.05, 4.69) is 21.4 Å². The Balaban J connectivity index is 1.64. The number of carbonyl (C=O) groups is 1. The summed E-state index contributed by atoms with van der Waals surface area (Å²) in [5, 5.41) is 0.470. The van der Waals surface area contributed by atoms with Crippen LogP contribution in [0.1, 0.15) is 31.9 Å². The summed E-state index contributed by atoms with van der Waals surface area (Å²) < 4.78 is 41.6. The lowest BCUT2D eigenvalue weighted by molar-refractivity contribution is -0.202. The summed E-state index contributed by atoms with van der Waals surface area (Å²) in [5.74, 6) is 1.52. The fourth-order valence-corrected chi connectivity index (χ4v) is 6.38. The third-order valence-corrected chi connectivity index (χ3v) is 8.68. The largest absolute Gasteiger partial charge is 0.497 e. The first-order chi connectivity index (χ1) is 21.1. The third kappa shape index (κ3) is 9.38. The number of rotatable bonds is 13. The summed E-state index contributed by atoms with van der Waals surface area (Å²) in [5.41, 5.74) is 0.798. The van der Waals surface area contributed by atoms with E-state index in [0.29, 0.717) is 18.4 Å². The Morgan fingerprint density at radius 1 is 1.02 bits per heavy atom. The molecule has 1 amide bonds. The van der Waals surface area contributed by atoms with Crippen molar-refractivity contribution >= 4 is 48.3 Å².